The minimum absolute atomic E-state index is 0.748. The van der Waals surface area contributed by atoms with Gasteiger partial charge in [0.2, 0.25) is 0 Å². The molecule has 3 heterocycles. The number of furan rings is 1. The fraction of sp³-hybridized carbons (Fsp3) is 0. The van der Waals surface area contributed by atoms with E-state index in [1.807, 2.05) is 60.0 Å². The summed E-state index contributed by atoms with van der Waals surface area (Å²) in [6.45, 7) is 0. The van der Waals surface area contributed by atoms with Crippen LogP contribution in [-0.2, 0) is 0 Å². The van der Waals surface area contributed by atoms with E-state index in [1.165, 1.54) is 11.3 Å². The van der Waals surface area contributed by atoms with Crippen molar-refractivity contribution in [2.75, 3.05) is 5.32 Å². The number of anilines is 2. The Morgan fingerprint density at radius 3 is 2.58 bits per heavy atom. The van der Waals surface area contributed by atoms with Crippen molar-refractivity contribution in [2.24, 2.45) is 0 Å². The Hall–Kier alpha value is -2.44. The first-order valence-corrected chi connectivity index (χ1v) is 8.95. The number of aromatic nitrogens is 2. The molecule has 1 aromatic carbocycles. The van der Waals surface area contributed by atoms with Crippen LogP contribution < -0.4 is 5.32 Å². The molecule has 4 rings (SSSR count). The molecule has 0 saturated heterocycles. The van der Waals surface area contributed by atoms with E-state index in [1.54, 1.807) is 6.20 Å². The molecule has 0 spiro atoms. The predicted octanol–water partition coefficient (Wildman–Crippen LogP) is 5.97. The van der Waals surface area contributed by atoms with Crippen LogP contribution in [0.3, 0.4) is 0 Å². The highest BCUT2D eigenvalue weighted by atomic mass is 79.9. The first-order chi connectivity index (χ1) is 11.8. The molecule has 24 heavy (non-hydrogen) atoms. The highest BCUT2D eigenvalue weighted by Crippen LogP contribution is 2.31. The van der Waals surface area contributed by atoms with Crippen LogP contribution in [0, 0.1) is 0 Å². The Morgan fingerprint density at radius 2 is 1.79 bits per heavy atom. The Morgan fingerprint density at radius 1 is 0.958 bits per heavy atom. The van der Waals surface area contributed by atoms with Gasteiger partial charge >= 0.3 is 0 Å². The van der Waals surface area contributed by atoms with Crippen LogP contribution in [0.15, 0.2) is 75.1 Å². The summed E-state index contributed by atoms with van der Waals surface area (Å²) >= 11 is 4.96. The van der Waals surface area contributed by atoms with E-state index in [-0.39, 0.29) is 0 Å². The van der Waals surface area contributed by atoms with Crippen LogP contribution in [0.4, 0.5) is 10.9 Å². The maximum absolute atomic E-state index is 5.94. The topological polar surface area (TPSA) is 51.0 Å². The molecule has 6 heteroatoms. The molecule has 0 aliphatic carbocycles. The van der Waals surface area contributed by atoms with Crippen molar-refractivity contribution in [1.29, 1.82) is 0 Å². The normalized spacial score (nSPS) is 10.7. The van der Waals surface area contributed by atoms with E-state index in [0.29, 0.717) is 0 Å². The van der Waals surface area contributed by atoms with Gasteiger partial charge in [0.1, 0.15) is 17.3 Å². The summed E-state index contributed by atoms with van der Waals surface area (Å²) in [7, 11) is 0. The summed E-state index contributed by atoms with van der Waals surface area (Å²) in [6, 6.07) is 17.6. The Bertz CT molecular complexity index is 948. The summed E-state index contributed by atoms with van der Waals surface area (Å²) in [5.41, 5.74) is 1.84. The quantitative estimate of drug-likeness (QED) is 0.460. The molecular weight excluding hydrogens is 386 g/mol. The molecule has 0 atom stereocenters. The van der Waals surface area contributed by atoms with Gasteiger partial charge in [-0.25, -0.2) is 9.97 Å². The van der Waals surface area contributed by atoms with Crippen LogP contribution in [0.25, 0.3) is 22.8 Å². The lowest BCUT2D eigenvalue weighted by Crippen LogP contribution is -1.91. The standard InChI is InChI=1S/C18H12BrN3OS/c19-13-6-4-12(5-7-13)15-8-9-16(23-15)14-11-24-18(21-14)22-17-3-1-2-10-20-17/h1-11H,(H,20,21,22). The number of hydrogen-bond donors (Lipinski definition) is 1. The summed E-state index contributed by atoms with van der Waals surface area (Å²) in [4.78, 5) is 8.80. The van der Waals surface area contributed by atoms with Crippen molar-refractivity contribution < 1.29 is 4.42 Å². The van der Waals surface area contributed by atoms with Crippen LogP contribution in [-0.4, -0.2) is 9.97 Å². The van der Waals surface area contributed by atoms with Crippen LogP contribution in [0.1, 0.15) is 0 Å². The molecule has 0 fully saturated rings. The number of hydrogen-bond acceptors (Lipinski definition) is 5. The Labute approximate surface area is 151 Å². The van der Waals surface area contributed by atoms with Crippen molar-refractivity contribution in [1.82, 2.24) is 9.97 Å². The fourth-order valence-corrected chi connectivity index (χ4v) is 3.21. The molecule has 4 nitrogen and oxygen atoms in total. The number of rotatable bonds is 4. The lowest BCUT2D eigenvalue weighted by atomic mass is 10.2. The molecule has 4 aromatic rings. The minimum Gasteiger partial charge on any atom is -0.454 e. The van der Waals surface area contributed by atoms with Crippen LogP contribution in [0.5, 0.6) is 0 Å². The molecule has 0 aliphatic rings. The zero-order valence-corrected chi connectivity index (χ0v) is 14.8. The molecule has 1 N–H and O–H groups in total. The van der Waals surface area contributed by atoms with Gasteiger partial charge in [0.15, 0.2) is 10.9 Å². The number of thiazole rings is 1. The summed E-state index contributed by atoms with van der Waals surface area (Å²) in [6.07, 6.45) is 1.74. The molecule has 3 aromatic heterocycles. The first kappa shape index (κ1) is 15.1. The Balaban J connectivity index is 1.56. The van der Waals surface area contributed by atoms with Crippen LogP contribution in [0.2, 0.25) is 0 Å². The van der Waals surface area contributed by atoms with Gasteiger partial charge in [-0.05, 0) is 36.4 Å². The number of benzene rings is 1. The fourth-order valence-electron chi connectivity index (χ4n) is 2.24. The third-order valence-corrected chi connectivity index (χ3v) is 4.68. The van der Waals surface area contributed by atoms with E-state index in [0.717, 1.165) is 38.2 Å². The van der Waals surface area contributed by atoms with Gasteiger partial charge in [-0.2, -0.15) is 0 Å². The van der Waals surface area contributed by atoms with Crippen molar-refractivity contribution in [3.63, 3.8) is 0 Å². The Kier molecular flexibility index (Phi) is 4.15. The summed E-state index contributed by atoms with van der Waals surface area (Å²) < 4.78 is 6.99. The molecule has 0 radical (unpaired) electrons. The van der Waals surface area contributed by atoms with E-state index in [2.05, 4.69) is 31.2 Å². The monoisotopic (exact) mass is 397 g/mol. The van der Waals surface area contributed by atoms with E-state index < -0.39 is 0 Å². The average Bonchev–Trinajstić information content (AvgIpc) is 3.26. The van der Waals surface area contributed by atoms with E-state index in [4.69, 9.17) is 4.42 Å². The summed E-state index contributed by atoms with van der Waals surface area (Å²) in [5, 5.41) is 5.94. The van der Waals surface area contributed by atoms with Gasteiger partial charge < -0.3 is 9.73 Å². The van der Waals surface area contributed by atoms with Gasteiger partial charge in [-0.15, -0.1) is 11.3 Å². The average molecular weight is 398 g/mol. The van der Waals surface area contributed by atoms with Gasteiger partial charge in [-0.3, -0.25) is 0 Å². The van der Waals surface area contributed by atoms with Gasteiger partial charge in [0, 0.05) is 21.6 Å². The predicted molar refractivity (Wildman–Crippen MR) is 100 cm³/mol. The maximum Gasteiger partial charge on any atom is 0.188 e. The zero-order chi connectivity index (χ0) is 16.4. The summed E-state index contributed by atoms with van der Waals surface area (Å²) in [5.74, 6) is 2.34. The molecule has 0 amide bonds. The van der Waals surface area contributed by atoms with Crippen molar-refractivity contribution in [2.45, 2.75) is 0 Å². The molecule has 0 aliphatic heterocycles. The van der Waals surface area contributed by atoms with Crippen molar-refractivity contribution in [3.05, 3.63) is 70.6 Å². The third-order valence-electron chi connectivity index (χ3n) is 3.39. The second-order valence-electron chi connectivity index (χ2n) is 5.05. The lowest BCUT2D eigenvalue weighted by molar-refractivity contribution is 0.595. The van der Waals surface area contributed by atoms with Crippen molar-refractivity contribution in [3.8, 4) is 22.8 Å². The second-order valence-corrected chi connectivity index (χ2v) is 6.82. The zero-order valence-electron chi connectivity index (χ0n) is 12.4. The molecular formula is C18H12BrN3OS. The highest BCUT2D eigenvalue weighted by molar-refractivity contribution is 9.10. The van der Waals surface area contributed by atoms with Gasteiger partial charge in [-0.1, -0.05) is 34.1 Å². The second kappa shape index (κ2) is 6.59. The molecule has 0 unspecified atom stereocenters. The van der Waals surface area contributed by atoms with E-state index >= 15 is 0 Å². The number of nitrogens with zero attached hydrogens (tertiary/aromatic N) is 2. The number of halogens is 1. The molecule has 0 bridgehead atoms. The van der Waals surface area contributed by atoms with Crippen LogP contribution >= 0.6 is 27.3 Å². The number of nitrogens with one attached hydrogen (secondary N) is 1. The first-order valence-electron chi connectivity index (χ1n) is 7.28. The minimum atomic E-state index is 0.748. The van der Waals surface area contributed by atoms with Gasteiger partial charge in [0.05, 0.1) is 0 Å². The molecule has 118 valence electrons. The number of pyridine rings is 1. The largest absolute Gasteiger partial charge is 0.454 e. The van der Waals surface area contributed by atoms with Gasteiger partial charge in [0.25, 0.3) is 0 Å². The third kappa shape index (κ3) is 3.25. The molecule has 0 saturated carbocycles. The van der Waals surface area contributed by atoms with E-state index in [9.17, 15) is 0 Å². The highest BCUT2D eigenvalue weighted by Gasteiger charge is 2.11. The SMILES string of the molecule is Brc1ccc(-c2ccc(-c3csc(Nc4ccccn4)n3)o2)cc1. The smallest absolute Gasteiger partial charge is 0.188 e. The maximum atomic E-state index is 5.94. The van der Waals surface area contributed by atoms with Crippen molar-refractivity contribution >= 4 is 38.2 Å². The lowest BCUT2D eigenvalue weighted by Gasteiger charge is -1.99.